The lowest BCUT2D eigenvalue weighted by Gasteiger charge is -2.11. The summed E-state index contributed by atoms with van der Waals surface area (Å²) < 4.78 is 12.1. The summed E-state index contributed by atoms with van der Waals surface area (Å²) in [6.45, 7) is 1.32. The van der Waals surface area contributed by atoms with Gasteiger partial charge in [-0.2, -0.15) is 0 Å². The van der Waals surface area contributed by atoms with E-state index in [0.717, 1.165) is 27.5 Å². The molecule has 20 heavy (non-hydrogen) atoms. The van der Waals surface area contributed by atoms with Gasteiger partial charge in [-0.15, -0.1) is 11.8 Å². The molecule has 2 aromatic rings. The fourth-order valence-corrected chi connectivity index (χ4v) is 3.15. The normalized spacial score (nSPS) is 10.5. The summed E-state index contributed by atoms with van der Waals surface area (Å²) in [7, 11) is 1.72. The van der Waals surface area contributed by atoms with Gasteiger partial charge in [0.2, 0.25) is 0 Å². The molecular formula is C16H17BrO2S. The van der Waals surface area contributed by atoms with E-state index in [1.165, 1.54) is 5.56 Å². The van der Waals surface area contributed by atoms with Crippen LogP contribution < -0.4 is 4.74 Å². The number of thioether (sulfide) groups is 1. The third kappa shape index (κ3) is 4.85. The molecule has 0 radical (unpaired) electrons. The van der Waals surface area contributed by atoms with Crippen LogP contribution in [-0.2, 0) is 11.3 Å². The zero-order valence-corrected chi connectivity index (χ0v) is 13.7. The Morgan fingerprint density at radius 1 is 1.10 bits per heavy atom. The molecule has 0 bridgehead atoms. The van der Waals surface area contributed by atoms with Gasteiger partial charge in [0, 0.05) is 17.3 Å². The molecule has 2 aromatic carbocycles. The van der Waals surface area contributed by atoms with Gasteiger partial charge in [0.15, 0.2) is 0 Å². The van der Waals surface area contributed by atoms with E-state index in [9.17, 15) is 0 Å². The Labute approximate surface area is 132 Å². The number of halogens is 1. The molecule has 0 aromatic heterocycles. The van der Waals surface area contributed by atoms with Crippen molar-refractivity contribution in [1.29, 1.82) is 0 Å². The highest BCUT2D eigenvalue weighted by Crippen LogP contribution is 2.32. The predicted octanol–water partition coefficient (Wildman–Crippen LogP) is 4.77. The van der Waals surface area contributed by atoms with Gasteiger partial charge in [0.05, 0.1) is 11.5 Å². The van der Waals surface area contributed by atoms with Crippen LogP contribution >= 0.6 is 27.7 Å². The molecule has 2 nitrogen and oxygen atoms in total. The Balaban J connectivity index is 2.02. The molecule has 0 unspecified atom stereocenters. The Hall–Kier alpha value is -0.970. The van der Waals surface area contributed by atoms with Gasteiger partial charge >= 0.3 is 0 Å². The summed E-state index contributed by atoms with van der Waals surface area (Å²) in [4.78, 5) is 1.13. The molecule has 0 fully saturated rings. The molecule has 2 rings (SSSR count). The van der Waals surface area contributed by atoms with Crippen molar-refractivity contribution in [3.05, 3.63) is 58.6 Å². The fourth-order valence-electron chi connectivity index (χ4n) is 1.68. The van der Waals surface area contributed by atoms with Crippen LogP contribution in [-0.4, -0.2) is 19.5 Å². The Morgan fingerprint density at radius 2 is 1.90 bits per heavy atom. The molecule has 0 amide bonds. The Kier molecular flexibility index (Phi) is 6.43. The third-order valence-corrected chi connectivity index (χ3v) is 4.18. The molecule has 0 heterocycles. The van der Waals surface area contributed by atoms with Gasteiger partial charge in [0.25, 0.3) is 0 Å². The first-order valence-corrected chi connectivity index (χ1v) is 8.15. The van der Waals surface area contributed by atoms with Gasteiger partial charge < -0.3 is 9.47 Å². The highest BCUT2D eigenvalue weighted by atomic mass is 79.9. The SMILES string of the molecule is COCCSc1cc(Br)ccc1OCc1ccccc1. The minimum atomic E-state index is 0.584. The number of ether oxygens (including phenoxy) is 2. The Bertz CT molecular complexity index is 531. The second-order valence-electron chi connectivity index (χ2n) is 4.21. The number of hydrogen-bond acceptors (Lipinski definition) is 3. The van der Waals surface area contributed by atoms with Crippen molar-refractivity contribution in [3.63, 3.8) is 0 Å². The van der Waals surface area contributed by atoms with E-state index >= 15 is 0 Å². The number of benzene rings is 2. The van der Waals surface area contributed by atoms with Crippen molar-refractivity contribution < 1.29 is 9.47 Å². The maximum absolute atomic E-state index is 5.93. The lowest BCUT2D eigenvalue weighted by Crippen LogP contribution is -1.97. The van der Waals surface area contributed by atoms with Crippen LogP contribution in [0.3, 0.4) is 0 Å². The van der Waals surface area contributed by atoms with E-state index in [2.05, 4.69) is 34.1 Å². The zero-order valence-electron chi connectivity index (χ0n) is 11.3. The molecule has 0 aliphatic rings. The topological polar surface area (TPSA) is 18.5 Å². The van der Waals surface area contributed by atoms with Crippen molar-refractivity contribution in [2.24, 2.45) is 0 Å². The lowest BCUT2D eigenvalue weighted by molar-refractivity contribution is 0.218. The van der Waals surface area contributed by atoms with Gasteiger partial charge in [0.1, 0.15) is 12.4 Å². The molecule has 0 atom stereocenters. The predicted molar refractivity (Wildman–Crippen MR) is 87.5 cm³/mol. The van der Waals surface area contributed by atoms with E-state index in [4.69, 9.17) is 9.47 Å². The van der Waals surface area contributed by atoms with Crippen LogP contribution in [0.4, 0.5) is 0 Å². The van der Waals surface area contributed by atoms with E-state index in [-0.39, 0.29) is 0 Å². The molecule has 4 heteroatoms. The van der Waals surface area contributed by atoms with Crippen LogP contribution in [0.5, 0.6) is 5.75 Å². The lowest BCUT2D eigenvalue weighted by atomic mass is 10.2. The summed E-state index contributed by atoms with van der Waals surface area (Å²) in [5, 5.41) is 0. The second-order valence-corrected chi connectivity index (χ2v) is 6.26. The molecule has 106 valence electrons. The molecule has 0 aliphatic heterocycles. The quantitative estimate of drug-likeness (QED) is 0.528. The largest absolute Gasteiger partial charge is 0.488 e. The molecule has 0 aliphatic carbocycles. The maximum Gasteiger partial charge on any atom is 0.133 e. The highest BCUT2D eigenvalue weighted by Gasteiger charge is 2.06. The molecular weight excluding hydrogens is 336 g/mol. The van der Waals surface area contributed by atoms with E-state index in [0.29, 0.717) is 6.61 Å². The minimum absolute atomic E-state index is 0.584. The first-order chi connectivity index (χ1) is 9.79. The maximum atomic E-state index is 5.93. The molecule has 0 saturated carbocycles. The molecule has 0 N–H and O–H groups in total. The first kappa shape index (κ1) is 15.4. The number of rotatable bonds is 7. The van der Waals surface area contributed by atoms with Crippen molar-refractivity contribution in [2.75, 3.05) is 19.5 Å². The Morgan fingerprint density at radius 3 is 2.65 bits per heavy atom. The van der Waals surface area contributed by atoms with E-state index in [1.807, 2.05) is 30.3 Å². The fraction of sp³-hybridized carbons (Fsp3) is 0.250. The van der Waals surface area contributed by atoms with Gasteiger partial charge in [-0.3, -0.25) is 0 Å². The first-order valence-electron chi connectivity index (χ1n) is 6.37. The summed E-state index contributed by atoms with van der Waals surface area (Å²) in [5.74, 6) is 1.83. The van der Waals surface area contributed by atoms with Crippen LogP contribution in [0.15, 0.2) is 57.9 Å². The van der Waals surface area contributed by atoms with Crippen LogP contribution in [0, 0.1) is 0 Å². The van der Waals surface area contributed by atoms with Crippen molar-refractivity contribution >= 4 is 27.7 Å². The van der Waals surface area contributed by atoms with Gasteiger partial charge in [-0.05, 0) is 23.8 Å². The van der Waals surface area contributed by atoms with Crippen LogP contribution in [0.25, 0.3) is 0 Å². The summed E-state index contributed by atoms with van der Waals surface area (Å²) in [6, 6.07) is 16.3. The monoisotopic (exact) mass is 352 g/mol. The average molecular weight is 353 g/mol. The number of hydrogen-bond donors (Lipinski definition) is 0. The standard InChI is InChI=1S/C16H17BrO2S/c1-18-9-10-20-16-11-14(17)7-8-15(16)19-12-13-5-3-2-4-6-13/h2-8,11H,9-10,12H2,1H3. The van der Waals surface area contributed by atoms with Crippen molar-refractivity contribution in [3.8, 4) is 5.75 Å². The van der Waals surface area contributed by atoms with Crippen LogP contribution in [0.2, 0.25) is 0 Å². The smallest absolute Gasteiger partial charge is 0.133 e. The number of methoxy groups -OCH3 is 1. The summed E-state index contributed by atoms with van der Waals surface area (Å²) in [6.07, 6.45) is 0. The molecule has 0 saturated heterocycles. The van der Waals surface area contributed by atoms with E-state index < -0.39 is 0 Å². The van der Waals surface area contributed by atoms with Crippen LogP contribution in [0.1, 0.15) is 5.56 Å². The van der Waals surface area contributed by atoms with Gasteiger partial charge in [-0.25, -0.2) is 0 Å². The second kappa shape index (κ2) is 8.35. The van der Waals surface area contributed by atoms with E-state index in [1.54, 1.807) is 18.9 Å². The summed E-state index contributed by atoms with van der Waals surface area (Å²) in [5.41, 5.74) is 1.17. The van der Waals surface area contributed by atoms with Crippen molar-refractivity contribution in [1.82, 2.24) is 0 Å². The highest BCUT2D eigenvalue weighted by molar-refractivity contribution is 9.10. The van der Waals surface area contributed by atoms with Gasteiger partial charge in [-0.1, -0.05) is 46.3 Å². The summed E-state index contributed by atoms with van der Waals surface area (Å²) >= 11 is 5.24. The van der Waals surface area contributed by atoms with Crippen molar-refractivity contribution in [2.45, 2.75) is 11.5 Å². The molecule has 0 spiro atoms. The average Bonchev–Trinajstić information content (AvgIpc) is 2.48. The zero-order chi connectivity index (χ0) is 14.2. The minimum Gasteiger partial charge on any atom is -0.488 e. The third-order valence-electron chi connectivity index (χ3n) is 2.69.